The van der Waals surface area contributed by atoms with E-state index in [0.717, 1.165) is 12.1 Å². The van der Waals surface area contributed by atoms with Crippen molar-refractivity contribution in [3.8, 4) is 0 Å². The summed E-state index contributed by atoms with van der Waals surface area (Å²) >= 11 is 6.00. The fraction of sp³-hybridized carbons (Fsp3) is 0.500. The fourth-order valence-corrected chi connectivity index (χ4v) is 1.76. The summed E-state index contributed by atoms with van der Waals surface area (Å²) in [4.78, 5) is 4.27. The normalized spacial score (nSPS) is 10.4. The quantitative estimate of drug-likeness (QED) is 0.610. The lowest BCUT2D eigenvalue weighted by atomic mass is 10.0. The molecule has 0 aliphatic carbocycles. The van der Waals surface area contributed by atoms with E-state index in [4.69, 9.17) is 11.6 Å². The molecule has 0 fully saturated rings. The Hall–Kier alpha value is -0.560. The molecule has 0 unspecified atom stereocenters. The maximum absolute atomic E-state index is 6.00. The third-order valence-corrected chi connectivity index (χ3v) is 2.74. The molecule has 0 N–H and O–H groups in total. The maximum Gasteiger partial charge on any atom is 0.132 e. The molecule has 0 bridgehead atoms. The van der Waals surface area contributed by atoms with Gasteiger partial charge in [0, 0.05) is 5.69 Å². The van der Waals surface area contributed by atoms with Gasteiger partial charge in [-0.2, -0.15) is 0 Å². The van der Waals surface area contributed by atoms with Gasteiger partial charge in [0.05, 0.1) is 0 Å². The van der Waals surface area contributed by atoms with Crippen LogP contribution in [0.1, 0.15) is 29.3 Å². The molecule has 0 aliphatic rings. The Morgan fingerprint density at radius 1 is 1.17 bits per heavy atom. The minimum atomic E-state index is 0.665. The minimum absolute atomic E-state index is 0.665. The van der Waals surface area contributed by atoms with Gasteiger partial charge in [-0.05, 0) is 43.9 Å². The molecule has 0 amide bonds. The lowest BCUT2D eigenvalue weighted by Gasteiger charge is -2.10. The van der Waals surface area contributed by atoms with Gasteiger partial charge in [-0.15, -0.1) is 0 Å². The van der Waals surface area contributed by atoms with Crippen LogP contribution in [0.5, 0.6) is 0 Å². The van der Waals surface area contributed by atoms with Crippen molar-refractivity contribution >= 4 is 11.6 Å². The molecule has 0 saturated carbocycles. The highest BCUT2D eigenvalue weighted by molar-refractivity contribution is 6.30. The summed E-state index contributed by atoms with van der Waals surface area (Å²) in [6, 6.07) is 0. The summed E-state index contributed by atoms with van der Waals surface area (Å²) in [7, 11) is 0. The highest BCUT2D eigenvalue weighted by Gasteiger charge is 2.08. The topological polar surface area (TPSA) is 12.9 Å². The Labute approximate surface area is 78.8 Å². The average molecular weight is 184 g/mol. The van der Waals surface area contributed by atoms with E-state index in [1.54, 1.807) is 0 Å². The van der Waals surface area contributed by atoms with Crippen LogP contribution >= 0.6 is 11.6 Å². The number of nitrogens with zero attached hydrogens (tertiary/aromatic N) is 1. The van der Waals surface area contributed by atoms with E-state index in [2.05, 4.69) is 25.8 Å². The second-order valence-electron chi connectivity index (χ2n) is 3.07. The number of halogens is 1. The minimum Gasteiger partial charge on any atom is -0.241 e. The van der Waals surface area contributed by atoms with Crippen molar-refractivity contribution in [1.82, 2.24) is 4.98 Å². The van der Waals surface area contributed by atoms with Gasteiger partial charge in [-0.1, -0.05) is 18.5 Å². The third kappa shape index (κ3) is 1.46. The molecular weight excluding hydrogens is 170 g/mol. The number of aromatic nitrogens is 1. The standard InChI is InChI=1S/C10H14ClN/c1-5-9-7(3)6(2)8(4)12-10(9)11/h5H2,1-4H3. The van der Waals surface area contributed by atoms with Crippen LogP contribution in [0.2, 0.25) is 5.15 Å². The number of aryl methyl sites for hydroxylation is 1. The van der Waals surface area contributed by atoms with Crippen molar-refractivity contribution in [3.05, 3.63) is 27.5 Å². The van der Waals surface area contributed by atoms with Crippen LogP contribution in [0.4, 0.5) is 0 Å². The molecule has 0 spiro atoms. The Kier molecular flexibility index (Phi) is 2.73. The molecule has 0 aromatic carbocycles. The zero-order chi connectivity index (χ0) is 9.30. The van der Waals surface area contributed by atoms with Crippen molar-refractivity contribution in [2.24, 2.45) is 0 Å². The van der Waals surface area contributed by atoms with E-state index in [-0.39, 0.29) is 0 Å². The Morgan fingerprint density at radius 3 is 2.25 bits per heavy atom. The molecule has 12 heavy (non-hydrogen) atoms. The number of hydrogen-bond donors (Lipinski definition) is 0. The highest BCUT2D eigenvalue weighted by atomic mass is 35.5. The van der Waals surface area contributed by atoms with Crippen molar-refractivity contribution in [1.29, 1.82) is 0 Å². The first-order valence-electron chi connectivity index (χ1n) is 4.20. The van der Waals surface area contributed by atoms with Crippen LogP contribution < -0.4 is 0 Å². The van der Waals surface area contributed by atoms with E-state index in [0.29, 0.717) is 5.15 Å². The highest BCUT2D eigenvalue weighted by Crippen LogP contribution is 2.22. The van der Waals surface area contributed by atoms with Crippen molar-refractivity contribution in [2.45, 2.75) is 34.1 Å². The molecule has 2 heteroatoms. The SMILES string of the molecule is CCc1c(Cl)nc(C)c(C)c1C. The van der Waals surface area contributed by atoms with E-state index >= 15 is 0 Å². The molecule has 0 radical (unpaired) electrons. The lowest BCUT2D eigenvalue weighted by molar-refractivity contribution is 1.02. The zero-order valence-electron chi connectivity index (χ0n) is 8.03. The summed E-state index contributed by atoms with van der Waals surface area (Å²) < 4.78 is 0. The summed E-state index contributed by atoms with van der Waals surface area (Å²) in [5.41, 5.74) is 4.76. The summed E-state index contributed by atoms with van der Waals surface area (Å²) in [6.07, 6.45) is 0.957. The van der Waals surface area contributed by atoms with Crippen molar-refractivity contribution in [3.63, 3.8) is 0 Å². The largest absolute Gasteiger partial charge is 0.241 e. The van der Waals surface area contributed by atoms with Crippen molar-refractivity contribution in [2.75, 3.05) is 0 Å². The molecule has 1 rings (SSSR count). The van der Waals surface area contributed by atoms with Gasteiger partial charge in [-0.25, -0.2) is 4.98 Å². The molecule has 1 heterocycles. The Bertz CT molecular complexity index is 305. The van der Waals surface area contributed by atoms with E-state index in [1.165, 1.54) is 16.7 Å². The van der Waals surface area contributed by atoms with Crippen LogP contribution in [-0.2, 0) is 6.42 Å². The molecular formula is C10H14ClN. The average Bonchev–Trinajstić information content (AvgIpc) is 2.01. The third-order valence-electron chi connectivity index (χ3n) is 2.43. The lowest BCUT2D eigenvalue weighted by Crippen LogP contribution is -1.98. The number of hydrogen-bond acceptors (Lipinski definition) is 1. The molecule has 66 valence electrons. The second-order valence-corrected chi connectivity index (χ2v) is 3.43. The number of rotatable bonds is 1. The van der Waals surface area contributed by atoms with E-state index < -0.39 is 0 Å². The van der Waals surface area contributed by atoms with Gasteiger partial charge < -0.3 is 0 Å². The molecule has 0 atom stereocenters. The first-order valence-corrected chi connectivity index (χ1v) is 4.57. The molecule has 0 aliphatic heterocycles. The molecule has 0 saturated heterocycles. The smallest absolute Gasteiger partial charge is 0.132 e. The van der Waals surface area contributed by atoms with Gasteiger partial charge in [0.15, 0.2) is 0 Å². The summed E-state index contributed by atoms with van der Waals surface area (Å²) in [6.45, 7) is 8.29. The van der Waals surface area contributed by atoms with Gasteiger partial charge >= 0.3 is 0 Å². The van der Waals surface area contributed by atoms with Crippen LogP contribution in [0.25, 0.3) is 0 Å². The maximum atomic E-state index is 6.00. The number of pyridine rings is 1. The first-order chi connectivity index (χ1) is 5.57. The Balaban J connectivity index is 3.40. The monoisotopic (exact) mass is 183 g/mol. The predicted molar refractivity (Wildman–Crippen MR) is 52.8 cm³/mol. The van der Waals surface area contributed by atoms with Gasteiger partial charge in [0.2, 0.25) is 0 Å². The van der Waals surface area contributed by atoms with Crippen LogP contribution in [0, 0.1) is 20.8 Å². The second kappa shape index (κ2) is 3.44. The van der Waals surface area contributed by atoms with Gasteiger partial charge in [0.1, 0.15) is 5.15 Å². The molecule has 1 aromatic heterocycles. The first kappa shape index (κ1) is 9.53. The van der Waals surface area contributed by atoms with Gasteiger partial charge in [0.25, 0.3) is 0 Å². The van der Waals surface area contributed by atoms with Crippen LogP contribution in [0.15, 0.2) is 0 Å². The van der Waals surface area contributed by atoms with E-state index in [1.807, 2.05) is 6.92 Å². The molecule has 1 aromatic rings. The van der Waals surface area contributed by atoms with Crippen LogP contribution in [0.3, 0.4) is 0 Å². The zero-order valence-corrected chi connectivity index (χ0v) is 8.79. The van der Waals surface area contributed by atoms with Crippen molar-refractivity contribution < 1.29 is 0 Å². The van der Waals surface area contributed by atoms with Crippen LogP contribution in [-0.4, -0.2) is 4.98 Å². The molecule has 1 nitrogen and oxygen atoms in total. The van der Waals surface area contributed by atoms with E-state index in [9.17, 15) is 0 Å². The summed E-state index contributed by atoms with van der Waals surface area (Å²) in [5.74, 6) is 0. The van der Waals surface area contributed by atoms with Gasteiger partial charge in [-0.3, -0.25) is 0 Å². The predicted octanol–water partition coefficient (Wildman–Crippen LogP) is 3.22. The Morgan fingerprint density at radius 2 is 1.75 bits per heavy atom. The fourth-order valence-electron chi connectivity index (χ4n) is 1.36. The summed E-state index contributed by atoms with van der Waals surface area (Å²) in [5, 5.41) is 0.665.